The Morgan fingerprint density at radius 2 is 1.85 bits per heavy atom. The first-order chi connectivity index (χ1) is 15.8. The van der Waals surface area contributed by atoms with Crippen LogP contribution < -0.4 is 5.32 Å². The summed E-state index contributed by atoms with van der Waals surface area (Å²) in [5.74, 6) is -2.63. The minimum absolute atomic E-state index is 0.187. The first kappa shape index (κ1) is 25.7. The van der Waals surface area contributed by atoms with Crippen LogP contribution in [0.25, 0.3) is 0 Å². The molecular formula is C24H28Cl3NO6. The van der Waals surface area contributed by atoms with Crippen molar-refractivity contribution in [2.75, 3.05) is 6.61 Å². The molecule has 4 rings (SSSR count). The third kappa shape index (κ3) is 4.97. The molecule has 2 saturated heterocycles. The molecule has 10 heteroatoms. The molecule has 1 aromatic carbocycles. The standard InChI is InChI=1S/C24H28Cl3NO6/c1-5-17(32-19(29)14-9-7-6-8-10-14)23(28-20(30)24(25,26)27)12-18-22(4,34-18)11-15(23)16-13-31-21(2,3)33-16/h5-10,15-18H,1,11-13H2,2-4H3,(H,28,30)/t15-,16-,17+,18-,22+,23+/m1/s1. The number of ether oxygens (including phenoxy) is 4. The van der Waals surface area contributed by atoms with E-state index in [4.69, 9.17) is 53.8 Å². The van der Waals surface area contributed by atoms with Crippen molar-refractivity contribution in [2.45, 2.75) is 72.6 Å². The Bertz CT molecular complexity index is 967. The molecule has 1 saturated carbocycles. The van der Waals surface area contributed by atoms with E-state index in [-0.39, 0.29) is 12.7 Å². The van der Waals surface area contributed by atoms with Crippen molar-refractivity contribution in [3.05, 3.63) is 48.6 Å². The van der Waals surface area contributed by atoms with Gasteiger partial charge in [-0.1, -0.05) is 59.6 Å². The summed E-state index contributed by atoms with van der Waals surface area (Å²) < 4.78 is 21.7. The zero-order valence-electron chi connectivity index (χ0n) is 19.2. The van der Waals surface area contributed by atoms with Crippen molar-refractivity contribution < 1.29 is 28.5 Å². The fraction of sp³-hybridized carbons (Fsp3) is 0.583. The average molecular weight is 533 g/mol. The van der Waals surface area contributed by atoms with Gasteiger partial charge in [0.25, 0.3) is 9.70 Å². The number of amides is 1. The summed E-state index contributed by atoms with van der Waals surface area (Å²) in [6.45, 7) is 9.82. The zero-order chi connectivity index (χ0) is 24.9. The summed E-state index contributed by atoms with van der Waals surface area (Å²) in [5.41, 5.74) is -1.26. The van der Waals surface area contributed by atoms with Crippen LogP contribution in [0.1, 0.15) is 44.0 Å². The number of hydrogen-bond acceptors (Lipinski definition) is 6. The predicted molar refractivity (Wildman–Crippen MR) is 128 cm³/mol. The Kier molecular flexibility index (Phi) is 6.77. The summed E-state index contributed by atoms with van der Waals surface area (Å²) in [6.07, 6.45) is 0.702. The van der Waals surface area contributed by atoms with Crippen molar-refractivity contribution in [1.29, 1.82) is 0 Å². The Morgan fingerprint density at radius 1 is 1.18 bits per heavy atom. The average Bonchev–Trinajstić information content (AvgIpc) is 3.28. The molecule has 3 fully saturated rings. The maximum Gasteiger partial charge on any atom is 0.338 e. The molecule has 2 aliphatic heterocycles. The molecule has 2 heterocycles. The number of epoxide rings is 1. The Balaban J connectivity index is 1.74. The van der Waals surface area contributed by atoms with E-state index < -0.39 is 50.7 Å². The molecular weight excluding hydrogens is 505 g/mol. The van der Waals surface area contributed by atoms with E-state index in [0.717, 1.165) is 0 Å². The number of carbonyl (C=O) groups is 2. The Labute approximate surface area is 214 Å². The zero-order valence-corrected chi connectivity index (χ0v) is 21.5. The highest BCUT2D eigenvalue weighted by atomic mass is 35.6. The molecule has 1 amide bonds. The van der Waals surface area contributed by atoms with Crippen molar-refractivity contribution in [3.8, 4) is 0 Å². The molecule has 7 nitrogen and oxygen atoms in total. The highest BCUT2D eigenvalue weighted by Crippen LogP contribution is 2.57. The number of hydrogen-bond donors (Lipinski definition) is 1. The number of halogens is 3. The summed E-state index contributed by atoms with van der Waals surface area (Å²) >= 11 is 17.8. The van der Waals surface area contributed by atoms with Crippen LogP contribution in [0.5, 0.6) is 0 Å². The molecule has 0 bridgehead atoms. The lowest BCUT2D eigenvalue weighted by molar-refractivity contribution is -0.156. The molecule has 34 heavy (non-hydrogen) atoms. The summed E-state index contributed by atoms with van der Waals surface area (Å²) in [4.78, 5) is 26.0. The third-order valence-electron chi connectivity index (χ3n) is 6.89. The first-order valence-electron chi connectivity index (χ1n) is 11.1. The number of benzene rings is 1. The predicted octanol–water partition coefficient (Wildman–Crippen LogP) is 4.34. The van der Waals surface area contributed by atoms with Gasteiger partial charge in [-0.15, -0.1) is 0 Å². The molecule has 1 aliphatic carbocycles. The van der Waals surface area contributed by atoms with Gasteiger partial charge >= 0.3 is 5.97 Å². The van der Waals surface area contributed by atoms with Gasteiger partial charge in [-0.2, -0.15) is 0 Å². The lowest BCUT2D eigenvalue weighted by Crippen LogP contribution is -2.68. The van der Waals surface area contributed by atoms with Gasteiger partial charge in [-0.05, 0) is 45.4 Å². The van der Waals surface area contributed by atoms with Crippen LogP contribution in [0.4, 0.5) is 0 Å². The van der Waals surface area contributed by atoms with Crippen LogP contribution in [0.15, 0.2) is 43.0 Å². The van der Waals surface area contributed by atoms with Gasteiger partial charge in [0.2, 0.25) is 0 Å². The summed E-state index contributed by atoms with van der Waals surface area (Å²) in [6, 6.07) is 8.55. The van der Waals surface area contributed by atoms with E-state index in [1.165, 1.54) is 6.08 Å². The smallest absolute Gasteiger partial charge is 0.338 e. The molecule has 6 atom stereocenters. The minimum Gasteiger partial charge on any atom is -0.452 e. The molecule has 3 aliphatic rings. The van der Waals surface area contributed by atoms with Gasteiger partial charge in [-0.3, -0.25) is 4.79 Å². The molecule has 0 spiro atoms. The Hall–Kier alpha value is -1.35. The first-order valence-corrected chi connectivity index (χ1v) is 12.2. The van der Waals surface area contributed by atoms with Gasteiger partial charge < -0.3 is 24.3 Å². The number of esters is 1. The van der Waals surface area contributed by atoms with E-state index >= 15 is 0 Å². The van der Waals surface area contributed by atoms with E-state index in [0.29, 0.717) is 18.4 Å². The van der Waals surface area contributed by atoms with Crippen molar-refractivity contribution in [2.24, 2.45) is 5.92 Å². The number of nitrogens with one attached hydrogen (secondary N) is 1. The molecule has 0 aromatic heterocycles. The topological polar surface area (TPSA) is 86.4 Å². The lowest BCUT2D eigenvalue weighted by atomic mass is 9.64. The van der Waals surface area contributed by atoms with Crippen molar-refractivity contribution in [1.82, 2.24) is 5.32 Å². The van der Waals surface area contributed by atoms with Crippen LogP contribution in [0, 0.1) is 5.92 Å². The molecule has 1 aromatic rings. The van der Waals surface area contributed by atoms with Gasteiger partial charge in [0.15, 0.2) is 5.79 Å². The van der Waals surface area contributed by atoms with Gasteiger partial charge in [0.05, 0.1) is 35.5 Å². The molecule has 1 N–H and O–H groups in total. The van der Waals surface area contributed by atoms with Gasteiger partial charge in [0, 0.05) is 12.3 Å². The number of alkyl halides is 3. The number of carbonyl (C=O) groups excluding carboxylic acids is 2. The van der Waals surface area contributed by atoms with E-state index in [1.807, 2.05) is 20.8 Å². The minimum atomic E-state index is -2.23. The van der Waals surface area contributed by atoms with E-state index in [2.05, 4.69) is 11.9 Å². The fourth-order valence-electron chi connectivity index (χ4n) is 5.13. The lowest BCUT2D eigenvalue weighted by Gasteiger charge is -2.49. The fourth-order valence-corrected chi connectivity index (χ4v) is 5.27. The molecule has 186 valence electrons. The maximum absolute atomic E-state index is 13.0. The maximum atomic E-state index is 13.0. The Morgan fingerprint density at radius 3 is 2.41 bits per heavy atom. The van der Waals surface area contributed by atoms with Crippen LogP contribution in [-0.4, -0.2) is 57.5 Å². The summed E-state index contributed by atoms with van der Waals surface area (Å²) in [7, 11) is 0. The third-order valence-corrected chi connectivity index (χ3v) is 7.41. The van der Waals surface area contributed by atoms with Crippen LogP contribution >= 0.6 is 34.8 Å². The second kappa shape index (κ2) is 8.95. The molecule has 0 radical (unpaired) electrons. The van der Waals surface area contributed by atoms with Gasteiger partial charge in [-0.25, -0.2) is 4.79 Å². The highest BCUT2D eigenvalue weighted by molar-refractivity contribution is 6.76. The van der Waals surface area contributed by atoms with Crippen molar-refractivity contribution in [3.63, 3.8) is 0 Å². The number of rotatable bonds is 6. The SMILES string of the molecule is C=C[C@H](OC(=O)c1ccccc1)[C@]1(NC(=O)C(Cl)(Cl)Cl)C[C@H]2O[C@@]2(C)C[C@@H]1[C@H]1COC(C)(C)O1. The van der Waals surface area contributed by atoms with E-state index in [9.17, 15) is 9.59 Å². The molecule has 0 unspecified atom stereocenters. The largest absolute Gasteiger partial charge is 0.452 e. The van der Waals surface area contributed by atoms with Gasteiger partial charge in [0.1, 0.15) is 6.10 Å². The quantitative estimate of drug-likeness (QED) is 0.254. The highest BCUT2D eigenvalue weighted by Gasteiger charge is 2.68. The van der Waals surface area contributed by atoms with E-state index in [1.54, 1.807) is 30.3 Å². The number of fused-ring (bicyclic) bond motifs is 1. The normalized spacial score (nSPS) is 35.1. The van der Waals surface area contributed by atoms with Crippen molar-refractivity contribution >= 4 is 46.7 Å². The second-order valence-electron chi connectivity index (χ2n) is 9.72. The second-order valence-corrected chi connectivity index (χ2v) is 12.0. The monoisotopic (exact) mass is 531 g/mol. The van der Waals surface area contributed by atoms with Crippen LogP contribution in [0.2, 0.25) is 0 Å². The summed E-state index contributed by atoms with van der Waals surface area (Å²) in [5, 5.41) is 2.91. The van der Waals surface area contributed by atoms with Crippen LogP contribution in [0.3, 0.4) is 0 Å². The van der Waals surface area contributed by atoms with Crippen LogP contribution in [-0.2, 0) is 23.7 Å².